The molecule has 5 heteroatoms. The van der Waals surface area contributed by atoms with E-state index in [0.717, 1.165) is 0 Å². The smallest absolute Gasteiger partial charge is 0.462 e. The van der Waals surface area contributed by atoms with E-state index in [1.165, 1.54) is 12.1 Å². The Labute approximate surface area is 88.6 Å². The molecule has 0 fully saturated rings. The molecule has 15 heavy (non-hydrogen) atoms. The summed E-state index contributed by atoms with van der Waals surface area (Å²) in [7, 11) is -1.51. The minimum Gasteiger partial charge on any atom is -0.462 e. The lowest BCUT2D eigenvalue weighted by molar-refractivity contribution is 0.0525. The van der Waals surface area contributed by atoms with E-state index < -0.39 is 13.1 Å². The molecule has 0 saturated heterocycles. The molecule has 0 heterocycles. The molecule has 2 N–H and O–H groups in total. The van der Waals surface area contributed by atoms with Gasteiger partial charge in [-0.3, -0.25) is 0 Å². The molecule has 0 radical (unpaired) electrons. The Morgan fingerprint density at radius 1 is 1.47 bits per heavy atom. The molecule has 0 unspecified atom stereocenters. The molecule has 80 valence electrons. The van der Waals surface area contributed by atoms with Crippen molar-refractivity contribution in [2.24, 2.45) is 0 Å². The molecule has 0 aromatic heterocycles. The van der Waals surface area contributed by atoms with Crippen LogP contribution >= 0.6 is 0 Å². The van der Waals surface area contributed by atoms with Crippen LogP contribution in [-0.2, 0) is 4.74 Å². The molecule has 1 aromatic carbocycles. The number of benzene rings is 1. The predicted octanol–water partition coefficient (Wildman–Crippen LogP) is -0.148. The SMILES string of the molecule is CCOC(=O)c1ccc(B(O)O)cc1C. The van der Waals surface area contributed by atoms with Crippen molar-refractivity contribution in [2.75, 3.05) is 6.61 Å². The molecule has 1 rings (SSSR count). The first-order valence-electron chi connectivity index (χ1n) is 4.70. The number of carbonyl (C=O) groups is 1. The van der Waals surface area contributed by atoms with E-state index in [1.54, 1.807) is 19.9 Å². The lowest BCUT2D eigenvalue weighted by Gasteiger charge is -2.07. The fraction of sp³-hybridized carbons (Fsp3) is 0.300. The van der Waals surface area contributed by atoms with E-state index in [2.05, 4.69) is 0 Å². The summed E-state index contributed by atoms with van der Waals surface area (Å²) in [5, 5.41) is 17.8. The molecule has 0 aliphatic heterocycles. The Kier molecular flexibility index (Phi) is 3.88. The average Bonchev–Trinajstić information content (AvgIpc) is 2.17. The summed E-state index contributed by atoms with van der Waals surface area (Å²) in [5.74, 6) is -0.394. The van der Waals surface area contributed by atoms with Crippen molar-refractivity contribution in [3.05, 3.63) is 29.3 Å². The number of aryl methyl sites for hydroxylation is 1. The second-order valence-electron chi connectivity index (χ2n) is 3.17. The van der Waals surface area contributed by atoms with Gasteiger partial charge in [0.05, 0.1) is 12.2 Å². The van der Waals surface area contributed by atoms with Gasteiger partial charge < -0.3 is 14.8 Å². The van der Waals surface area contributed by atoms with Gasteiger partial charge in [0.2, 0.25) is 0 Å². The van der Waals surface area contributed by atoms with Crippen LogP contribution in [-0.4, -0.2) is 29.7 Å². The lowest BCUT2D eigenvalue weighted by Crippen LogP contribution is -2.30. The van der Waals surface area contributed by atoms with Gasteiger partial charge in [-0.15, -0.1) is 0 Å². The summed E-state index contributed by atoms with van der Waals surface area (Å²) < 4.78 is 4.85. The molecule has 0 atom stereocenters. The van der Waals surface area contributed by atoms with E-state index in [0.29, 0.717) is 23.2 Å². The van der Waals surface area contributed by atoms with Crippen LogP contribution in [0.25, 0.3) is 0 Å². The van der Waals surface area contributed by atoms with Crippen molar-refractivity contribution >= 4 is 18.6 Å². The Hall–Kier alpha value is -1.33. The standard InChI is InChI=1S/C10H13BO4/c1-3-15-10(12)9-5-4-8(11(13)14)6-7(9)2/h4-6,13-14H,3H2,1-2H3. The fourth-order valence-corrected chi connectivity index (χ4v) is 1.29. The van der Waals surface area contributed by atoms with Crippen molar-refractivity contribution in [1.82, 2.24) is 0 Å². The van der Waals surface area contributed by atoms with Crippen LogP contribution in [0, 0.1) is 6.92 Å². The van der Waals surface area contributed by atoms with E-state index in [1.807, 2.05) is 0 Å². The Morgan fingerprint density at radius 2 is 2.13 bits per heavy atom. The summed E-state index contributed by atoms with van der Waals surface area (Å²) >= 11 is 0. The summed E-state index contributed by atoms with van der Waals surface area (Å²) in [4.78, 5) is 11.4. The van der Waals surface area contributed by atoms with Gasteiger partial charge in [-0.1, -0.05) is 12.1 Å². The van der Waals surface area contributed by atoms with Gasteiger partial charge in [-0.2, -0.15) is 0 Å². The van der Waals surface area contributed by atoms with Crippen molar-refractivity contribution < 1.29 is 19.6 Å². The summed E-state index contributed by atoms with van der Waals surface area (Å²) in [5.41, 5.74) is 1.47. The van der Waals surface area contributed by atoms with E-state index in [9.17, 15) is 4.79 Å². The zero-order chi connectivity index (χ0) is 11.4. The van der Waals surface area contributed by atoms with Gasteiger partial charge in [0.25, 0.3) is 0 Å². The number of hydrogen-bond acceptors (Lipinski definition) is 4. The number of hydrogen-bond donors (Lipinski definition) is 2. The highest BCUT2D eigenvalue weighted by atomic mass is 16.5. The second-order valence-corrected chi connectivity index (χ2v) is 3.17. The van der Waals surface area contributed by atoms with Crippen molar-refractivity contribution in [2.45, 2.75) is 13.8 Å². The van der Waals surface area contributed by atoms with Crippen LogP contribution in [0.1, 0.15) is 22.8 Å². The van der Waals surface area contributed by atoms with Gasteiger partial charge >= 0.3 is 13.1 Å². The third-order valence-electron chi connectivity index (χ3n) is 2.04. The first-order chi connectivity index (χ1) is 7.06. The molecule has 0 bridgehead atoms. The minimum absolute atomic E-state index is 0.322. The first-order valence-corrected chi connectivity index (χ1v) is 4.70. The molecule has 0 amide bonds. The topological polar surface area (TPSA) is 66.8 Å². The Balaban J connectivity index is 2.98. The fourth-order valence-electron chi connectivity index (χ4n) is 1.29. The van der Waals surface area contributed by atoms with E-state index >= 15 is 0 Å². The molecular weight excluding hydrogens is 195 g/mol. The predicted molar refractivity (Wildman–Crippen MR) is 57.0 cm³/mol. The van der Waals surface area contributed by atoms with Gasteiger partial charge in [0, 0.05) is 0 Å². The highest BCUT2D eigenvalue weighted by Crippen LogP contribution is 2.07. The van der Waals surface area contributed by atoms with Crippen LogP contribution in [0.5, 0.6) is 0 Å². The first kappa shape index (κ1) is 11.7. The molecule has 0 saturated carbocycles. The Bertz CT molecular complexity index is 362. The highest BCUT2D eigenvalue weighted by molar-refractivity contribution is 6.58. The number of carbonyl (C=O) groups excluding carboxylic acids is 1. The normalized spacial score (nSPS) is 9.87. The maximum Gasteiger partial charge on any atom is 0.488 e. The summed E-state index contributed by atoms with van der Waals surface area (Å²) in [6, 6.07) is 4.57. The van der Waals surface area contributed by atoms with Crippen LogP contribution < -0.4 is 5.46 Å². The zero-order valence-electron chi connectivity index (χ0n) is 8.73. The molecule has 0 aliphatic rings. The molecule has 0 aliphatic carbocycles. The highest BCUT2D eigenvalue weighted by Gasteiger charge is 2.15. The third kappa shape index (κ3) is 2.81. The number of ether oxygens (including phenoxy) is 1. The lowest BCUT2D eigenvalue weighted by atomic mass is 9.79. The van der Waals surface area contributed by atoms with Crippen LogP contribution in [0.15, 0.2) is 18.2 Å². The molecule has 0 spiro atoms. The minimum atomic E-state index is -1.51. The van der Waals surface area contributed by atoms with Crippen molar-refractivity contribution in [3.63, 3.8) is 0 Å². The quantitative estimate of drug-likeness (QED) is 0.535. The van der Waals surface area contributed by atoms with Gasteiger partial charge in [-0.05, 0) is 30.9 Å². The average molecular weight is 208 g/mol. The summed E-state index contributed by atoms with van der Waals surface area (Å²) in [6.45, 7) is 3.78. The summed E-state index contributed by atoms with van der Waals surface area (Å²) in [6.07, 6.45) is 0. The zero-order valence-corrected chi connectivity index (χ0v) is 8.73. The van der Waals surface area contributed by atoms with Gasteiger partial charge in [0.15, 0.2) is 0 Å². The van der Waals surface area contributed by atoms with Crippen molar-refractivity contribution in [1.29, 1.82) is 0 Å². The maximum atomic E-state index is 11.4. The number of rotatable bonds is 3. The monoisotopic (exact) mass is 208 g/mol. The second kappa shape index (κ2) is 4.95. The number of esters is 1. The molecular formula is C10H13BO4. The van der Waals surface area contributed by atoms with Crippen LogP contribution in [0.4, 0.5) is 0 Å². The maximum absolute atomic E-state index is 11.4. The van der Waals surface area contributed by atoms with E-state index in [4.69, 9.17) is 14.8 Å². The van der Waals surface area contributed by atoms with E-state index in [-0.39, 0.29) is 0 Å². The van der Waals surface area contributed by atoms with Crippen LogP contribution in [0.2, 0.25) is 0 Å². The van der Waals surface area contributed by atoms with Crippen molar-refractivity contribution in [3.8, 4) is 0 Å². The Morgan fingerprint density at radius 3 is 2.60 bits per heavy atom. The largest absolute Gasteiger partial charge is 0.488 e. The van der Waals surface area contributed by atoms with Crippen LogP contribution in [0.3, 0.4) is 0 Å². The molecule has 1 aromatic rings. The third-order valence-corrected chi connectivity index (χ3v) is 2.04. The van der Waals surface area contributed by atoms with Gasteiger partial charge in [-0.25, -0.2) is 4.79 Å². The molecule has 4 nitrogen and oxygen atoms in total. The van der Waals surface area contributed by atoms with Gasteiger partial charge in [0.1, 0.15) is 0 Å².